The minimum atomic E-state index is -0.996. The molecule has 4 rings (SSSR count). The molecule has 11 nitrogen and oxygen atoms in total. The monoisotopic (exact) mass is 627 g/mol. The van der Waals surface area contributed by atoms with Crippen molar-refractivity contribution in [3.63, 3.8) is 0 Å². The fourth-order valence-electron chi connectivity index (χ4n) is 7.32. The van der Waals surface area contributed by atoms with Crippen molar-refractivity contribution in [1.82, 2.24) is 26.2 Å². The van der Waals surface area contributed by atoms with Gasteiger partial charge in [-0.3, -0.25) is 24.0 Å². The van der Waals surface area contributed by atoms with E-state index in [4.69, 9.17) is 0 Å². The largest absolute Gasteiger partial charge is 0.346 e. The maximum absolute atomic E-state index is 14.2. The molecule has 4 fully saturated rings. The Hall–Kier alpha value is -3.24. The maximum Gasteiger partial charge on any atom is 0.316 e. The van der Waals surface area contributed by atoms with Gasteiger partial charge in [0.05, 0.1) is 12.1 Å². The summed E-state index contributed by atoms with van der Waals surface area (Å²) in [7, 11) is 0. The van der Waals surface area contributed by atoms with Gasteiger partial charge in [0, 0.05) is 19.0 Å². The van der Waals surface area contributed by atoms with Gasteiger partial charge in [-0.15, -0.1) is 6.58 Å². The number of hydrogen-bond acceptors (Lipinski definition) is 6. The lowest BCUT2D eigenvalue weighted by molar-refractivity contribution is -0.144. The van der Waals surface area contributed by atoms with Gasteiger partial charge < -0.3 is 26.2 Å². The molecule has 0 aromatic heterocycles. The van der Waals surface area contributed by atoms with Gasteiger partial charge in [0.1, 0.15) is 12.1 Å². The predicted octanol–water partition coefficient (Wildman–Crippen LogP) is 3.02. The number of hydrogen-bond donors (Lipinski definition) is 4. The van der Waals surface area contributed by atoms with Crippen molar-refractivity contribution < 1.29 is 28.8 Å². The summed E-state index contributed by atoms with van der Waals surface area (Å²) in [5, 5.41) is 11.1. The highest BCUT2D eigenvalue weighted by Crippen LogP contribution is 2.65. The molecule has 4 N–H and O–H groups in total. The van der Waals surface area contributed by atoms with E-state index < -0.39 is 47.8 Å². The summed E-state index contributed by atoms with van der Waals surface area (Å²) < 4.78 is 0. The first-order chi connectivity index (χ1) is 21.4. The summed E-state index contributed by atoms with van der Waals surface area (Å²) in [6, 6.07) is -3.86. The number of carbonyl (C=O) groups excluding carboxylic acids is 6. The molecule has 2 saturated carbocycles. The molecule has 0 aromatic rings. The van der Waals surface area contributed by atoms with E-state index in [0.29, 0.717) is 25.8 Å². The number of fused-ring (bicyclic) bond motifs is 3. The van der Waals surface area contributed by atoms with E-state index in [-0.39, 0.29) is 47.3 Å². The third-order valence-electron chi connectivity index (χ3n) is 10.4. The lowest BCUT2D eigenvalue weighted by Crippen LogP contribution is -2.59. The van der Waals surface area contributed by atoms with Crippen LogP contribution in [0.2, 0.25) is 0 Å². The highest BCUT2D eigenvalue weighted by Gasteiger charge is 2.69. The van der Waals surface area contributed by atoms with E-state index in [1.54, 1.807) is 4.90 Å². The normalized spacial score (nSPS) is 29.4. The Morgan fingerprint density at radius 2 is 1.60 bits per heavy atom. The van der Waals surface area contributed by atoms with Crippen molar-refractivity contribution in [3.8, 4) is 0 Å². The van der Waals surface area contributed by atoms with Crippen LogP contribution < -0.4 is 21.3 Å². The number of nitrogens with one attached hydrogen (secondary N) is 4. The molecule has 0 aromatic carbocycles. The van der Waals surface area contributed by atoms with Gasteiger partial charge in [-0.25, -0.2) is 4.79 Å². The highest BCUT2D eigenvalue weighted by atomic mass is 16.2. The predicted molar refractivity (Wildman–Crippen MR) is 170 cm³/mol. The zero-order valence-corrected chi connectivity index (χ0v) is 27.5. The lowest BCUT2D eigenvalue weighted by atomic mass is 9.96. The van der Waals surface area contributed by atoms with Crippen molar-refractivity contribution in [2.75, 3.05) is 13.1 Å². The SMILES string of the molecule is C=CCNC(=O)C(=O)[C@H]1CCCCCCCCC[C@@H](NC(=O)N[C@H](C(=O)C2CC2)C(C)C)C(=O)N2C[C@H]3[C@@H]([C@H]2C(=O)N1)C3(C)C. The third-order valence-corrected chi connectivity index (χ3v) is 10.4. The second-order valence-electron chi connectivity index (χ2n) is 14.4. The molecule has 5 amide bonds. The van der Waals surface area contributed by atoms with Crippen molar-refractivity contribution in [3.05, 3.63) is 12.7 Å². The molecule has 0 spiro atoms. The first-order valence-electron chi connectivity index (χ1n) is 17.0. The van der Waals surface area contributed by atoms with Crippen LogP contribution in [0.25, 0.3) is 0 Å². The number of amides is 5. The number of Topliss-reactive ketones (excluding diaryl/α,β-unsaturated/α-hetero) is 2. The molecule has 2 aliphatic heterocycles. The molecule has 2 heterocycles. The van der Waals surface area contributed by atoms with Crippen LogP contribution in [0.15, 0.2) is 12.7 Å². The van der Waals surface area contributed by atoms with Crippen LogP contribution in [-0.4, -0.2) is 77.5 Å². The van der Waals surface area contributed by atoms with E-state index >= 15 is 0 Å². The van der Waals surface area contributed by atoms with Crippen LogP contribution in [0.4, 0.5) is 4.79 Å². The summed E-state index contributed by atoms with van der Waals surface area (Å²) >= 11 is 0. The number of urea groups is 1. The highest BCUT2D eigenvalue weighted by molar-refractivity contribution is 6.38. The Labute approximate surface area is 267 Å². The standard InChI is InChI=1S/C34H53N5O6/c1-6-18-35-31(43)29(41)23-14-12-10-8-7-9-11-13-15-24(37-33(45)38-26(20(2)3)28(40)21-16-17-21)32(44)39-19-22-25(34(22,4)5)27(39)30(42)36-23/h6,20-27H,1,7-19H2,2-5H3,(H,35,43)(H,36,42)(H2,37,38,45)/t22-,23+,24+,25-,26-,27-/m0/s1. The van der Waals surface area contributed by atoms with Crippen LogP contribution in [0, 0.1) is 29.1 Å². The van der Waals surface area contributed by atoms with Gasteiger partial charge in [0.25, 0.3) is 5.91 Å². The van der Waals surface area contributed by atoms with Crippen LogP contribution in [0.1, 0.15) is 98.3 Å². The fourth-order valence-corrected chi connectivity index (χ4v) is 7.32. The Balaban J connectivity index is 1.55. The van der Waals surface area contributed by atoms with Gasteiger partial charge in [0.2, 0.25) is 17.6 Å². The minimum absolute atomic E-state index is 0.00955. The van der Waals surface area contributed by atoms with Crippen molar-refractivity contribution in [2.45, 2.75) is 122 Å². The maximum atomic E-state index is 14.2. The van der Waals surface area contributed by atoms with Crippen molar-refractivity contribution in [1.29, 1.82) is 0 Å². The molecule has 2 aliphatic carbocycles. The first kappa shape index (κ1) is 34.6. The summed E-state index contributed by atoms with van der Waals surface area (Å²) in [5.74, 6) is -2.30. The van der Waals surface area contributed by atoms with E-state index in [0.717, 1.165) is 51.4 Å². The van der Waals surface area contributed by atoms with Crippen LogP contribution in [0.3, 0.4) is 0 Å². The zero-order valence-electron chi connectivity index (χ0n) is 27.5. The fraction of sp³-hybridized carbons (Fsp3) is 0.765. The van der Waals surface area contributed by atoms with E-state index in [2.05, 4.69) is 41.7 Å². The van der Waals surface area contributed by atoms with Crippen LogP contribution >= 0.6 is 0 Å². The second kappa shape index (κ2) is 14.9. The average molecular weight is 628 g/mol. The Morgan fingerprint density at radius 3 is 2.20 bits per heavy atom. The summed E-state index contributed by atoms with van der Waals surface area (Å²) in [5.41, 5.74) is -0.158. The molecule has 0 bridgehead atoms. The van der Waals surface area contributed by atoms with Gasteiger partial charge in [-0.2, -0.15) is 0 Å². The Morgan fingerprint density at radius 1 is 0.978 bits per heavy atom. The van der Waals surface area contributed by atoms with E-state index in [1.165, 1.54) is 6.08 Å². The number of nitrogens with zero attached hydrogens (tertiary/aromatic N) is 1. The summed E-state index contributed by atoms with van der Waals surface area (Å²) in [4.78, 5) is 81.6. The van der Waals surface area contributed by atoms with Crippen molar-refractivity contribution in [2.24, 2.45) is 29.1 Å². The number of rotatable bonds is 9. The number of ketones is 2. The molecule has 0 radical (unpaired) electrons. The molecule has 45 heavy (non-hydrogen) atoms. The van der Waals surface area contributed by atoms with Crippen molar-refractivity contribution >= 4 is 35.3 Å². The van der Waals surface area contributed by atoms with Gasteiger partial charge in [0.15, 0.2) is 5.78 Å². The smallest absolute Gasteiger partial charge is 0.316 e. The molecule has 4 aliphatic rings. The van der Waals surface area contributed by atoms with E-state index in [1.807, 2.05) is 13.8 Å². The molecule has 6 atom stereocenters. The van der Waals surface area contributed by atoms with Gasteiger partial charge in [-0.1, -0.05) is 78.7 Å². The molecule has 0 unspecified atom stereocenters. The first-order valence-corrected chi connectivity index (χ1v) is 17.0. The molecular weight excluding hydrogens is 574 g/mol. The molecular formula is C34H53N5O6. The third kappa shape index (κ3) is 8.33. The summed E-state index contributed by atoms with van der Waals surface area (Å²) in [6.07, 6.45) is 10.1. The van der Waals surface area contributed by atoms with Crippen LogP contribution in [-0.2, 0) is 24.0 Å². The molecule has 250 valence electrons. The second-order valence-corrected chi connectivity index (χ2v) is 14.4. The summed E-state index contributed by atoms with van der Waals surface area (Å²) in [6.45, 7) is 12.0. The van der Waals surface area contributed by atoms with Crippen LogP contribution in [0.5, 0.6) is 0 Å². The lowest BCUT2D eigenvalue weighted by Gasteiger charge is -2.34. The average Bonchev–Trinajstić information content (AvgIpc) is 3.88. The Kier molecular flexibility index (Phi) is 11.5. The van der Waals surface area contributed by atoms with Gasteiger partial charge >= 0.3 is 6.03 Å². The Bertz CT molecular complexity index is 1160. The zero-order chi connectivity index (χ0) is 32.9. The topological polar surface area (TPSA) is 154 Å². The molecule has 2 saturated heterocycles. The van der Waals surface area contributed by atoms with Gasteiger partial charge in [-0.05, 0) is 48.9 Å². The number of carbonyl (C=O) groups is 6. The minimum Gasteiger partial charge on any atom is -0.346 e. The quantitative estimate of drug-likeness (QED) is 0.228. The molecule has 11 heteroatoms. The number of piperidine rings is 1. The van der Waals surface area contributed by atoms with E-state index in [9.17, 15) is 28.8 Å².